The van der Waals surface area contributed by atoms with Crippen LogP contribution < -0.4 is 9.47 Å². The number of hydrogen-bond acceptors (Lipinski definition) is 11. The minimum Gasteiger partial charge on any atom is -0.493 e. The normalized spacial score (nSPS) is 24.6. The molecule has 2 aromatic carbocycles. The van der Waals surface area contributed by atoms with Crippen LogP contribution in [-0.4, -0.2) is 82.2 Å². The first-order valence-corrected chi connectivity index (χ1v) is 16.6. The van der Waals surface area contributed by atoms with Crippen molar-refractivity contribution in [1.82, 2.24) is 0 Å². The van der Waals surface area contributed by atoms with Crippen LogP contribution in [0.5, 0.6) is 11.5 Å². The van der Waals surface area contributed by atoms with Crippen LogP contribution in [0.2, 0.25) is 0 Å². The van der Waals surface area contributed by atoms with E-state index in [-0.39, 0.29) is 24.0 Å². The number of esters is 2. The standard InChI is InChI=1S/C38H50O11/c1-25-18-19-30(47-35(39)27-14-10-9-11-15-27)34-31(48-38(5,6)49-34)17-12-16-28-22-29(43-20-13-21-45-37(3,4)42-8)23-32(44-24-41-7)33(28)36(40)46-26(25)2/h9-12,14-16,18-19,22-23,25-26,30-31,34H,13,17,20-21,24H2,1-8H3/b16-12?,19-18-/t25-,26?,30?,31?,34?/m1/s1. The van der Waals surface area contributed by atoms with Gasteiger partial charge in [0.25, 0.3) is 0 Å². The van der Waals surface area contributed by atoms with Crippen LogP contribution in [0, 0.1) is 5.92 Å². The maximum atomic E-state index is 13.8. The molecule has 5 atom stereocenters. The molecule has 49 heavy (non-hydrogen) atoms. The third kappa shape index (κ3) is 10.9. The topological polar surface area (TPSA) is 117 Å². The molecule has 2 aliphatic rings. The summed E-state index contributed by atoms with van der Waals surface area (Å²) >= 11 is 0. The summed E-state index contributed by atoms with van der Waals surface area (Å²) in [5.41, 5.74) is 1.19. The third-order valence-corrected chi connectivity index (χ3v) is 8.24. The quantitative estimate of drug-likeness (QED) is 0.103. The van der Waals surface area contributed by atoms with Gasteiger partial charge in [-0.05, 0) is 70.9 Å². The molecular weight excluding hydrogens is 632 g/mol. The Hall–Kier alpha value is -3.74. The van der Waals surface area contributed by atoms with Gasteiger partial charge in [-0.1, -0.05) is 43.4 Å². The highest BCUT2D eigenvalue weighted by molar-refractivity contribution is 5.97. The van der Waals surface area contributed by atoms with E-state index in [4.69, 9.17) is 42.6 Å². The van der Waals surface area contributed by atoms with Gasteiger partial charge in [-0.2, -0.15) is 0 Å². The summed E-state index contributed by atoms with van der Waals surface area (Å²) in [6.45, 7) is 11.8. The minimum absolute atomic E-state index is 0.0887. The second-order valence-electron chi connectivity index (χ2n) is 13.0. The van der Waals surface area contributed by atoms with Gasteiger partial charge < -0.3 is 42.6 Å². The summed E-state index contributed by atoms with van der Waals surface area (Å²) in [4.78, 5) is 27.0. The Balaban J connectivity index is 1.67. The number of carbonyl (C=O) groups is 2. The van der Waals surface area contributed by atoms with Gasteiger partial charge in [-0.15, -0.1) is 0 Å². The highest BCUT2D eigenvalue weighted by Gasteiger charge is 2.45. The molecule has 0 saturated carbocycles. The van der Waals surface area contributed by atoms with Gasteiger partial charge >= 0.3 is 11.9 Å². The first kappa shape index (κ1) is 38.1. The van der Waals surface area contributed by atoms with Gasteiger partial charge in [0, 0.05) is 32.6 Å². The Morgan fingerprint density at radius 2 is 1.76 bits per heavy atom. The van der Waals surface area contributed by atoms with E-state index < -0.39 is 47.9 Å². The molecule has 0 spiro atoms. The molecule has 4 unspecified atom stereocenters. The fraction of sp³-hybridized carbons (Fsp3) is 0.526. The Kier molecular flexibility index (Phi) is 13.4. The summed E-state index contributed by atoms with van der Waals surface area (Å²) in [5, 5.41) is 0. The van der Waals surface area contributed by atoms with Crippen molar-refractivity contribution in [3.05, 3.63) is 77.4 Å². The lowest BCUT2D eigenvalue weighted by molar-refractivity contribution is -0.197. The van der Waals surface area contributed by atoms with Crippen LogP contribution >= 0.6 is 0 Å². The summed E-state index contributed by atoms with van der Waals surface area (Å²) in [5.74, 6) is -2.18. The fourth-order valence-corrected chi connectivity index (χ4v) is 5.32. The van der Waals surface area contributed by atoms with E-state index in [2.05, 4.69) is 0 Å². The fourth-order valence-electron chi connectivity index (χ4n) is 5.32. The summed E-state index contributed by atoms with van der Waals surface area (Å²) in [6, 6.07) is 12.2. The van der Waals surface area contributed by atoms with Gasteiger partial charge in [-0.3, -0.25) is 0 Å². The number of carbonyl (C=O) groups excluding carboxylic acids is 2. The van der Waals surface area contributed by atoms with Crippen molar-refractivity contribution in [2.24, 2.45) is 5.92 Å². The largest absolute Gasteiger partial charge is 0.493 e. The number of fused-ring (bicyclic) bond motifs is 2. The van der Waals surface area contributed by atoms with E-state index in [1.807, 2.05) is 52.8 Å². The second-order valence-corrected chi connectivity index (χ2v) is 13.0. The van der Waals surface area contributed by atoms with Crippen LogP contribution in [0.3, 0.4) is 0 Å². The van der Waals surface area contributed by atoms with Crippen molar-refractivity contribution in [2.45, 2.75) is 90.4 Å². The molecule has 2 aliphatic heterocycles. The number of methoxy groups -OCH3 is 2. The molecule has 4 rings (SSSR count). The highest BCUT2D eigenvalue weighted by Crippen LogP contribution is 2.36. The van der Waals surface area contributed by atoms with Crippen LogP contribution in [-0.2, 0) is 33.2 Å². The van der Waals surface area contributed by atoms with Crippen LogP contribution in [0.15, 0.2) is 60.7 Å². The Morgan fingerprint density at radius 3 is 2.47 bits per heavy atom. The number of rotatable bonds is 12. The smallest absolute Gasteiger partial charge is 0.342 e. The predicted molar refractivity (Wildman–Crippen MR) is 182 cm³/mol. The zero-order chi connectivity index (χ0) is 35.6. The highest BCUT2D eigenvalue weighted by atomic mass is 16.8. The molecule has 11 heteroatoms. The first-order chi connectivity index (χ1) is 23.3. The second kappa shape index (κ2) is 17.3. The molecule has 0 radical (unpaired) electrons. The number of benzene rings is 2. The van der Waals surface area contributed by atoms with Crippen LogP contribution in [0.1, 0.15) is 80.7 Å². The van der Waals surface area contributed by atoms with E-state index in [0.717, 1.165) is 0 Å². The Morgan fingerprint density at radius 1 is 1.00 bits per heavy atom. The first-order valence-electron chi connectivity index (χ1n) is 16.6. The van der Waals surface area contributed by atoms with Crippen molar-refractivity contribution in [1.29, 1.82) is 0 Å². The Labute approximate surface area is 289 Å². The van der Waals surface area contributed by atoms with E-state index in [0.29, 0.717) is 42.9 Å². The summed E-state index contributed by atoms with van der Waals surface area (Å²) in [7, 11) is 3.09. The van der Waals surface area contributed by atoms with Gasteiger partial charge in [0.05, 0.1) is 24.9 Å². The molecule has 0 N–H and O–H groups in total. The molecule has 1 saturated heterocycles. The molecule has 1 fully saturated rings. The SMILES string of the molecule is COCOc1cc(OCCCOC(C)(C)OC)cc2c1C(=O)OC(C)[C@H](C)/C=C\C(OC(=O)c1ccccc1)C1OC(C)(C)OC1CC=C2. The molecule has 2 heterocycles. The summed E-state index contributed by atoms with van der Waals surface area (Å²) in [6.07, 6.45) is 5.92. The van der Waals surface area contributed by atoms with Gasteiger partial charge in [0.2, 0.25) is 0 Å². The zero-order valence-corrected chi connectivity index (χ0v) is 29.8. The average molecular weight is 683 g/mol. The van der Waals surface area contributed by atoms with Crippen LogP contribution in [0.4, 0.5) is 0 Å². The Bertz CT molecular complexity index is 1450. The van der Waals surface area contributed by atoms with Crippen molar-refractivity contribution in [3.8, 4) is 11.5 Å². The van der Waals surface area contributed by atoms with Crippen molar-refractivity contribution in [3.63, 3.8) is 0 Å². The lowest BCUT2D eigenvalue weighted by atomic mass is 9.98. The van der Waals surface area contributed by atoms with Gasteiger partial charge in [0.1, 0.15) is 35.4 Å². The van der Waals surface area contributed by atoms with Crippen LogP contribution in [0.25, 0.3) is 6.08 Å². The molecule has 268 valence electrons. The third-order valence-electron chi connectivity index (χ3n) is 8.24. The zero-order valence-electron chi connectivity index (χ0n) is 29.8. The monoisotopic (exact) mass is 682 g/mol. The molecular formula is C38H50O11. The molecule has 11 nitrogen and oxygen atoms in total. The average Bonchev–Trinajstić information content (AvgIpc) is 3.38. The maximum Gasteiger partial charge on any atom is 0.342 e. The van der Waals surface area contributed by atoms with Gasteiger partial charge in [0.15, 0.2) is 18.4 Å². The van der Waals surface area contributed by atoms with Crippen molar-refractivity contribution >= 4 is 18.0 Å². The van der Waals surface area contributed by atoms with E-state index in [1.54, 1.807) is 62.6 Å². The lowest BCUT2D eigenvalue weighted by Gasteiger charge is -2.26. The van der Waals surface area contributed by atoms with Crippen molar-refractivity contribution < 1.29 is 52.2 Å². The molecule has 0 aliphatic carbocycles. The van der Waals surface area contributed by atoms with E-state index in [1.165, 1.54) is 7.11 Å². The predicted octanol–water partition coefficient (Wildman–Crippen LogP) is 6.74. The number of cyclic esters (lactones) is 1. The maximum absolute atomic E-state index is 13.8. The molecule has 2 aromatic rings. The molecule has 0 aromatic heterocycles. The minimum atomic E-state index is -0.928. The van der Waals surface area contributed by atoms with Crippen molar-refractivity contribution in [2.75, 3.05) is 34.2 Å². The summed E-state index contributed by atoms with van der Waals surface area (Å²) < 4.78 is 52.9. The lowest BCUT2D eigenvalue weighted by Crippen LogP contribution is -2.37. The van der Waals surface area contributed by atoms with Gasteiger partial charge in [-0.25, -0.2) is 9.59 Å². The number of ether oxygens (including phenoxy) is 9. The molecule has 0 amide bonds. The van der Waals surface area contributed by atoms with E-state index >= 15 is 0 Å². The van der Waals surface area contributed by atoms with E-state index in [9.17, 15) is 9.59 Å². The molecule has 0 bridgehead atoms. The number of hydrogen-bond donors (Lipinski definition) is 0.